The number of nitrogens with one attached hydrogen (secondary N) is 1. The molecule has 29 heavy (non-hydrogen) atoms. The standard InChI is InChI=1S/C21H23N3O3S2/c1-27-19-6-2-16(3-7-19)17-4-8-20(9-5-17)29(25,26)23-18-10-13-24(14-11-18)21-22-12-15-28-21/h2-9,12,15,18,23H,10-11,13-14H2,1H3. The summed E-state index contributed by atoms with van der Waals surface area (Å²) in [5.41, 5.74) is 1.97. The van der Waals surface area contributed by atoms with Crippen molar-refractivity contribution in [3.8, 4) is 16.9 Å². The average molecular weight is 430 g/mol. The van der Waals surface area contributed by atoms with E-state index in [1.54, 1.807) is 36.8 Å². The van der Waals surface area contributed by atoms with Gasteiger partial charge in [-0.2, -0.15) is 0 Å². The first-order valence-corrected chi connectivity index (χ1v) is 11.8. The number of benzene rings is 2. The Labute approximate surface area is 175 Å². The van der Waals surface area contributed by atoms with E-state index in [9.17, 15) is 8.42 Å². The van der Waals surface area contributed by atoms with Gasteiger partial charge in [-0.15, -0.1) is 11.3 Å². The zero-order valence-electron chi connectivity index (χ0n) is 16.1. The van der Waals surface area contributed by atoms with Gasteiger partial charge in [-0.05, 0) is 48.2 Å². The molecule has 1 aliphatic heterocycles. The van der Waals surface area contributed by atoms with Gasteiger partial charge in [-0.3, -0.25) is 0 Å². The summed E-state index contributed by atoms with van der Waals surface area (Å²) in [6.07, 6.45) is 3.33. The van der Waals surface area contributed by atoms with Crippen LogP contribution in [0.25, 0.3) is 11.1 Å². The average Bonchev–Trinajstić information content (AvgIpc) is 3.29. The predicted octanol–water partition coefficient (Wildman–Crippen LogP) is 3.77. The van der Waals surface area contributed by atoms with E-state index in [2.05, 4.69) is 14.6 Å². The largest absolute Gasteiger partial charge is 0.497 e. The molecular weight excluding hydrogens is 406 g/mol. The minimum Gasteiger partial charge on any atom is -0.497 e. The topological polar surface area (TPSA) is 71.5 Å². The molecule has 0 spiro atoms. The summed E-state index contributed by atoms with van der Waals surface area (Å²) in [5, 5.41) is 2.96. The van der Waals surface area contributed by atoms with E-state index in [0.29, 0.717) is 0 Å². The van der Waals surface area contributed by atoms with Crippen molar-refractivity contribution < 1.29 is 13.2 Å². The highest BCUT2D eigenvalue weighted by Crippen LogP contribution is 2.25. The van der Waals surface area contributed by atoms with Gasteiger partial charge in [-0.1, -0.05) is 24.3 Å². The van der Waals surface area contributed by atoms with Crippen molar-refractivity contribution in [1.82, 2.24) is 9.71 Å². The van der Waals surface area contributed by atoms with E-state index < -0.39 is 10.0 Å². The third-order valence-corrected chi connectivity index (χ3v) is 7.46. The lowest BCUT2D eigenvalue weighted by molar-refractivity contribution is 0.415. The lowest BCUT2D eigenvalue weighted by atomic mass is 10.1. The number of anilines is 1. The second-order valence-corrected chi connectivity index (χ2v) is 9.54. The van der Waals surface area contributed by atoms with Gasteiger partial charge >= 0.3 is 0 Å². The predicted molar refractivity (Wildman–Crippen MR) is 116 cm³/mol. The molecule has 2 heterocycles. The van der Waals surface area contributed by atoms with Gasteiger partial charge in [0.2, 0.25) is 10.0 Å². The van der Waals surface area contributed by atoms with Crippen LogP contribution < -0.4 is 14.4 Å². The summed E-state index contributed by atoms with van der Waals surface area (Å²) in [4.78, 5) is 6.83. The van der Waals surface area contributed by atoms with E-state index in [1.807, 2.05) is 41.8 Å². The number of methoxy groups -OCH3 is 1. The smallest absolute Gasteiger partial charge is 0.240 e. The van der Waals surface area contributed by atoms with Crippen LogP contribution in [0.5, 0.6) is 5.75 Å². The van der Waals surface area contributed by atoms with Gasteiger partial charge in [0.05, 0.1) is 12.0 Å². The molecule has 8 heteroatoms. The first-order chi connectivity index (χ1) is 14.0. The zero-order valence-corrected chi connectivity index (χ0v) is 17.7. The van der Waals surface area contributed by atoms with Crippen LogP contribution in [-0.2, 0) is 10.0 Å². The first kappa shape index (κ1) is 19.9. The van der Waals surface area contributed by atoms with E-state index in [-0.39, 0.29) is 10.9 Å². The molecule has 2 aromatic carbocycles. The molecule has 0 aliphatic carbocycles. The normalized spacial score (nSPS) is 15.4. The van der Waals surface area contributed by atoms with Gasteiger partial charge in [0.1, 0.15) is 5.75 Å². The molecule has 0 unspecified atom stereocenters. The Morgan fingerprint density at radius 3 is 2.21 bits per heavy atom. The van der Waals surface area contributed by atoms with Crippen LogP contribution in [0.1, 0.15) is 12.8 Å². The van der Waals surface area contributed by atoms with E-state index in [4.69, 9.17) is 4.74 Å². The SMILES string of the molecule is COc1ccc(-c2ccc(S(=O)(=O)NC3CCN(c4nccs4)CC3)cc2)cc1. The molecule has 1 aliphatic rings. The van der Waals surface area contributed by atoms with Crippen LogP contribution in [-0.4, -0.2) is 39.6 Å². The number of piperidine rings is 1. The molecule has 1 N–H and O–H groups in total. The Morgan fingerprint density at radius 1 is 1.03 bits per heavy atom. The summed E-state index contributed by atoms with van der Waals surface area (Å²) in [7, 11) is -1.91. The first-order valence-electron chi connectivity index (χ1n) is 9.46. The summed E-state index contributed by atoms with van der Waals surface area (Å²) in [5.74, 6) is 0.790. The Balaban J connectivity index is 1.39. The maximum absolute atomic E-state index is 12.8. The van der Waals surface area contributed by atoms with Gasteiger partial charge in [0.15, 0.2) is 5.13 Å². The molecule has 0 saturated carbocycles. The minimum absolute atomic E-state index is 0.0579. The maximum Gasteiger partial charge on any atom is 0.240 e. The number of hydrogen-bond acceptors (Lipinski definition) is 6. The Hall–Kier alpha value is -2.42. The molecule has 1 aromatic heterocycles. The van der Waals surface area contributed by atoms with Gasteiger partial charge in [0.25, 0.3) is 0 Å². The van der Waals surface area contributed by atoms with Crippen LogP contribution in [0.15, 0.2) is 65.0 Å². The van der Waals surface area contributed by atoms with E-state index in [0.717, 1.165) is 47.9 Å². The fourth-order valence-corrected chi connectivity index (χ4v) is 5.46. The zero-order chi connectivity index (χ0) is 20.3. The third-order valence-electron chi connectivity index (χ3n) is 5.09. The van der Waals surface area contributed by atoms with E-state index in [1.165, 1.54) is 0 Å². The fourth-order valence-electron chi connectivity index (χ4n) is 3.46. The number of sulfonamides is 1. The molecule has 1 fully saturated rings. The maximum atomic E-state index is 12.8. The lowest BCUT2D eigenvalue weighted by Crippen LogP contribution is -2.44. The number of rotatable bonds is 6. The third kappa shape index (κ3) is 4.60. The number of thiazole rings is 1. The van der Waals surface area contributed by atoms with Crippen LogP contribution in [0.3, 0.4) is 0 Å². The van der Waals surface area contributed by atoms with Crippen LogP contribution in [0, 0.1) is 0 Å². The highest BCUT2D eigenvalue weighted by Gasteiger charge is 2.25. The number of hydrogen-bond donors (Lipinski definition) is 1. The van der Waals surface area contributed by atoms with Crippen LogP contribution >= 0.6 is 11.3 Å². The van der Waals surface area contributed by atoms with Crippen molar-refractivity contribution in [3.63, 3.8) is 0 Å². The van der Waals surface area contributed by atoms with Crippen molar-refractivity contribution in [2.75, 3.05) is 25.1 Å². The van der Waals surface area contributed by atoms with Crippen molar-refractivity contribution in [3.05, 3.63) is 60.1 Å². The van der Waals surface area contributed by atoms with Crippen LogP contribution in [0.4, 0.5) is 5.13 Å². The van der Waals surface area contributed by atoms with E-state index >= 15 is 0 Å². The van der Waals surface area contributed by atoms with Crippen molar-refractivity contribution in [2.24, 2.45) is 0 Å². The quantitative estimate of drug-likeness (QED) is 0.646. The van der Waals surface area contributed by atoms with Crippen molar-refractivity contribution >= 4 is 26.5 Å². The molecule has 0 radical (unpaired) electrons. The number of ether oxygens (including phenoxy) is 1. The fraction of sp³-hybridized carbons (Fsp3) is 0.286. The Bertz CT molecular complexity index is 1030. The van der Waals surface area contributed by atoms with Crippen molar-refractivity contribution in [1.29, 1.82) is 0 Å². The molecule has 0 bridgehead atoms. The van der Waals surface area contributed by atoms with Crippen molar-refractivity contribution in [2.45, 2.75) is 23.8 Å². The molecule has 4 rings (SSSR count). The van der Waals surface area contributed by atoms with Gasteiger partial charge in [-0.25, -0.2) is 18.1 Å². The Kier molecular flexibility index (Phi) is 5.84. The summed E-state index contributed by atoms with van der Waals surface area (Å²) >= 11 is 1.61. The summed E-state index contributed by atoms with van der Waals surface area (Å²) in [6.45, 7) is 1.61. The highest BCUT2D eigenvalue weighted by molar-refractivity contribution is 7.89. The molecule has 6 nitrogen and oxygen atoms in total. The molecule has 0 amide bonds. The van der Waals surface area contributed by atoms with Gasteiger partial charge < -0.3 is 9.64 Å². The Morgan fingerprint density at radius 2 is 1.66 bits per heavy atom. The molecule has 152 valence electrons. The summed E-state index contributed by atoms with van der Waals surface area (Å²) < 4.78 is 33.6. The second-order valence-electron chi connectivity index (χ2n) is 6.95. The number of nitrogens with zero attached hydrogens (tertiary/aromatic N) is 2. The monoisotopic (exact) mass is 429 g/mol. The second kappa shape index (κ2) is 8.52. The lowest BCUT2D eigenvalue weighted by Gasteiger charge is -2.31. The molecule has 1 saturated heterocycles. The van der Waals surface area contributed by atoms with Crippen LogP contribution in [0.2, 0.25) is 0 Å². The number of aromatic nitrogens is 1. The molecule has 0 atom stereocenters. The summed E-state index contributed by atoms with van der Waals surface area (Å²) in [6, 6.07) is 14.6. The molecular formula is C21H23N3O3S2. The minimum atomic E-state index is -3.54. The van der Waals surface area contributed by atoms with Gasteiger partial charge in [0, 0.05) is 30.7 Å². The highest BCUT2D eigenvalue weighted by atomic mass is 32.2. The molecule has 3 aromatic rings.